The molecule has 0 fully saturated rings. The standard InChI is InChI=1S/C23H24N2O4S/c1-15-11-12-20(29-15)16(2)24-23(27)19-9-4-5-10-21(19)30-14-22(26)25-17-7-6-8-18(13-17)28-3/h4-13,16H,14H2,1-3H3,(H,24,27)(H,25,26). The lowest BCUT2D eigenvalue weighted by atomic mass is 10.2. The van der Waals surface area contributed by atoms with Gasteiger partial charge in [0, 0.05) is 16.6 Å². The van der Waals surface area contributed by atoms with E-state index < -0.39 is 0 Å². The number of furan rings is 1. The van der Waals surface area contributed by atoms with Crippen LogP contribution in [0.3, 0.4) is 0 Å². The van der Waals surface area contributed by atoms with Crippen LogP contribution in [0.2, 0.25) is 0 Å². The van der Waals surface area contributed by atoms with E-state index in [9.17, 15) is 9.59 Å². The van der Waals surface area contributed by atoms with Crippen molar-refractivity contribution in [3.8, 4) is 5.75 Å². The number of aryl methyl sites for hydroxylation is 1. The van der Waals surface area contributed by atoms with E-state index in [4.69, 9.17) is 9.15 Å². The Morgan fingerprint density at radius 1 is 1.10 bits per heavy atom. The van der Waals surface area contributed by atoms with Crippen molar-refractivity contribution in [3.05, 3.63) is 77.7 Å². The molecule has 0 spiro atoms. The van der Waals surface area contributed by atoms with Crippen LogP contribution in [0.15, 0.2) is 70.0 Å². The zero-order valence-electron chi connectivity index (χ0n) is 17.1. The molecule has 1 aromatic heterocycles. The van der Waals surface area contributed by atoms with Crippen molar-refractivity contribution in [3.63, 3.8) is 0 Å². The third-order valence-corrected chi connectivity index (χ3v) is 5.45. The fraction of sp³-hybridized carbons (Fsp3) is 0.217. The maximum absolute atomic E-state index is 12.8. The van der Waals surface area contributed by atoms with Crippen LogP contribution in [0.4, 0.5) is 5.69 Å². The third kappa shape index (κ3) is 5.67. The topological polar surface area (TPSA) is 80.6 Å². The summed E-state index contributed by atoms with van der Waals surface area (Å²) < 4.78 is 10.7. The third-order valence-electron chi connectivity index (χ3n) is 4.38. The van der Waals surface area contributed by atoms with Crippen LogP contribution in [0.1, 0.15) is 34.8 Å². The molecule has 0 bridgehead atoms. The number of ether oxygens (including phenoxy) is 1. The quantitative estimate of drug-likeness (QED) is 0.507. The summed E-state index contributed by atoms with van der Waals surface area (Å²) in [5, 5.41) is 5.78. The van der Waals surface area contributed by atoms with Crippen molar-refractivity contribution in [1.82, 2.24) is 5.32 Å². The minimum absolute atomic E-state index is 0.164. The summed E-state index contributed by atoms with van der Waals surface area (Å²) in [6.45, 7) is 3.73. The fourth-order valence-corrected chi connectivity index (χ4v) is 3.70. The average molecular weight is 425 g/mol. The van der Waals surface area contributed by atoms with Crippen LogP contribution in [-0.4, -0.2) is 24.7 Å². The van der Waals surface area contributed by atoms with Crippen LogP contribution < -0.4 is 15.4 Å². The number of rotatable bonds is 8. The molecule has 2 amide bonds. The van der Waals surface area contributed by atoms with Crippen LogP contribution in [-0.2, 0) is 4.79 Å². The van der Waals surface area contributed by atoms with Gasteiger partial charge in [-0.15, -0.1) is 11.8 Å². The first-order valence-corrected chi connectivity index (χ1v) is 10.5. The van der Waals surface area contributed by atoms with Crippen molar-refractivity contribution in [2.75, 3.05) is 18.2 Å². The summed E-state index contributed by atoms with van der Waals surface area (Å²) in [7, 11) is 1.58. The highest BCUT2D eigenvalue weighted by Gasteiger charge is 2.17. The number of methoxy groups -OCH3 is 1. The predicted octanol–water partition coefficient (Wildman–Crippen LogP) is 4.82. The van der Waals surface area contributed by atoms with E-state index in [1.807, 2.05) is 50.2 Å². The number of nitrogens with one attached hydrogen (secondary N) is 2. The first-order valence-electron chi connectivity index (χ1n) is 9.49. The molecule has 1 atom stereocenters. The Hall–Kier alpha value is -3.19. The molecule has 3 rings (SSSR count). The summed E-state index contributed by atoms with van der Waals surface area (Å²) in [5.74, 6) is 1.96. The van der Waals surface area contributed by atoms with Crippen LogP contribution in [0.25, 0.3) is 0 Å². The number of amides is 2. The molecule has 30 heavy (non-hydrogen) atoms. The van der Waals surface area contributed by atoms with Crippen LogP contribution >= 0.6 is 11.8 Å². The number of hydrogen-bond acceptors (Lipinski definition) is 5. The Balaban J connectivity index is 1.61. The number of hydrogen-bond donors (Lipinski definition) is 2. The minimum Gasteiger partial charge on any atom is -0.497 e. The lowest BCUT2D eigenvalue weighted by molar-refractivity contribution is -0.113. The molecule has 0 saturated heterocycles. The number of anilines is 1. The van der Waals surface area contributed by atoms with Crippen molar-refractivity contribution in [1.29, 1.82) is 0 Å². The van der Waals surface area contributed by atoms with E-state index in [1.165, 1.54) is 11.8 Å². The van der Waals surface area contributed by atoms with Crippen molar-refractivity contribution in [2.45, 2.75) is 24.8 Å². The van der Waals surface area contributed by atoms with E-state index in [0.29, 0.717) is 22.8 Å². The molecule has 2 N–H and O–H groups in total. The molecule has 2 aromatic carbocycles. The van der Waals surface area contributed by atoms with Crippen LogP contribution in [0, 0.1) is 6.92 Å². The van der Waals surface area contributed by atoms with E-state index in [-0.39, 0.29) is 23.6 Å². The molecule has 1 unspecified atom stereocenters. The molecule has 0 radical (unpaired) electrons. The molecule has 7 heteroatoms. The smallest absolute Gasteiger partial charge is 0.252 e. The van der Waals surface area contributed by atoms with E-state index >= 15 is 0 Å². The Labute approximate surface area is 180 Å². The van der Waals surface area contributed by atoms with Crippen LogP contribution in [0.5, 0.6) is 5.75 Å². The van der Waals surface area contributed by atoms with Gasteiger partial charge in [-0.1, -0.05) is 18.2 Å². The van der Waals surface area contributed by atoms with E-state index in [1.54, 1.807) is 31.4 Å². The van der Waals surface area contributed by atoms with Gasteiger partial charge in [-0.2, -0.15) is 0 Å². The second-order valence-electron chi connectivity index (χ2n) is 6.71. The van der Waals surface area contributed by atoms with Gasteiger partial charge >= 0.3 is 0 Å². The number of carbonyl (C=O) groups is 2. The number of benzene rings is 2. The highest BCUT2D eigenvalue weighted by Crippen LogP contribution is 2.25. The molecule has 0 aliphatic heterocycles. The fourth-order valence-electron chi connectivity index (χ4n) is 2.85. The molecular formula is C23H24N2O4S. The number of thioether (sulfide) groups is 1. The van der Waals surface area contributed by atoms with Gasteiger partial charge in [-0.25, -0.2) is 0 Å². The summed E-state index contributed by atoms with van der Waals surface area (Å²) >= 11 is 1.31. The Kier molecular flexibility index (Phi) is 7.19. The summed E-state index contributed by atoms with van der Waals surface area (Å²) in [6, 6.07) is 17.8. The first-order chi connectivity index (χ1) is 14.5. The van der Waals surface area contributed by atoms with E-state index in [0.717, 1.165) is 10.7 Å². The van der Waals surface area contributed by atoms with Gasteiger partial charge in [0.25, 0.3) is 5.91 Å². The maximum Gasteiger partial charge on any atom is 0.252 e. The summed E-state index contributed by atoms with van der Waals surface area (Å²) in [5.41, 5.74) is 1.18. The highest BCUT2D eigenvalue weighted by molar-refractivity contribution is 8.00. The Bertz CT molecular complexity index is 1030. The van der Waals surface area contributed by atoms with Gasteiger partial charge in [0.15, 0.2) is 0 Å². The summed E-state index contributed by atoms with van der Waals surface area (Å²) in [4.78, 5) is 25.9. The van der Waals surface area contributed by atoms with Gasteiger partial charge in [-0.05, 0) is 50.2 Å². The zero-order chi connectivity index (χ0) is 21.5. The maximum atomic E-state index is 12.8. The lowest BCUT2D eigenvalue weighted by Gasteiger charge is -2.14. The minimum atomic E-state index is -0.263. The second-order valence-corrected chi connectivity index (χ2v) is 7.73. The largest absolute Gasteiger partial charge is 0.497 e. The van der Waals surface area contributed by atoms with Gasteiger partial charge in [0.1, 0.15) is 17.3 Å². The average Bonchev–Trinajstić information content (AvgIpc) is 3.19. The number of carbonyl (C=O) groups excluding carboxylic acids is 2. The molecule has 0 aliphatic carbocycles. The van der Waals surface area contributed by atoms with Gasteiger partial charge in [0.2, 0.25) is 5.91 Å². The Morgan fingerprint density at radius 3 is 2.63 bits per heavy atom. The monoisotopic (exact) mass is 424 g/mol. The zero-order valence-corrected chi connectivity index (χ0v) is 17.9. The summed E-state index contributed by atoms with van der Waals surface area (Å²) in [6.07, 6.45) is 0. The predicted molar refractivity (Wildman–Crippen MR) is 118 cm³/mol. The van der Waals surface area contributed by atoms with Gasteiger partial charge in [0.05, 0.1) is 24.5 Å². The lowest BCUT2D eigenvalue weighted by Crippen LogP contribution is -2.27. The molecule has 6 nitrogen and oxygen atoms in total. The normalized spacial score (nSPS) is 11.6. The van der Waals surface area contributed by atoms with Gasteiger partial charge < -0.3 is 19.8 Å². The van der Waals surface area contributed by atoms with Crippen molar-refractivity contribution < 1.29 is 18.7 Å². The SMILES string of the molecule is COc1cccc(NC(=O)CSc2ccccc2C(=O)NC(C)c2ccc(C)o2)c1. The van der Waals surface area contributed by atoms with Gasteiger partial charge in [-0.3, -0.25) is 9.59 Å². The molecule has 0 aliphatic rings. The molecule has 0 saturated carbocycles. The molecule has 3 aromatic rings. The molecule has 1 heterocycles. The van der Waals surface area contributed by atoms with Crippen molar-refractivity contribution >= 4 is 29.3 Å². The molecular weight excluding hydrogens is 400 g/mol. The highest BCUT2D eigenvalue weighted by atomic mass is 32.2. The Morgan fingerprint density at radius 2 is 1.90 bits per heavy atom. The van der Waals surface area contributed by atoms with Crippen molar-refractivity contribution in [2.24, 2.45) is 0 Å². The first kappa shape index (κ1) is 21.5. The molecule has 156 valence electrons. The second kappa shape index (κ2) is 10.0. The van der Waals surface area contributed by atoms with E-state index in [2.05, 4.69) is 10.6 Å².